The average Bonchev–Trinajstić information content (AvgIpc) is 3.11. The van der Waals surface area contributed by atoms with E-state index < -0.39 is 24.6 Å². The van der Waals surface area contributed by atoms with Gasteiger partial charge in [-0.25, -0.2) is 9.37 Å². The van der Waals surface area contributed by atoms with Crippen LogP contribution in [0, 0.1) is 19.7 Å². The molecule has 0 radical (unpaired) electrons. The van der Waals surface area contributed by atoms with Gasteiger partial charge in [0, 0.05) is 29.7 Å². The van der Waals surface area contributed by atoms with Crippen LogP contribution in [-0.4, -0.2) is 43.0 Å². The molecule has 1 aromatic heterocycles. The van der Waals surface area contributed by atoms with Gasteiger partial charge in [-0.15, -0.1) is 0 Å². The third kappa shape index (κ3) is 6.18. The summed E-state index contributed by atoms with van der Waals surface area (Å²) in [5.74, 6) is -0.661. The standard InChI is InChI=1S/C27H31FN2O4/c1-16(2)27-29-25(19-5-7-21(28)8-6-19)26(20-12-17(3)11-18(4)13-20)30(27)10-9-22(31)14-23(32)15-24(33)34/h5-13,16,22-23,31-32H,14-15H2,1-4H3,(H,33,34)/b10-9+/t22-,23-/m1/s1. The first-order valence-electron chi connectivity index (χ1n) is 11.3. The van der Waals surface area contributed by atoms with Gasteiger partial charge in [0.15, 0.2) is 0 Å². The number of aryl methyl sites for hydroxylation is 2. The molecule has 0 saturated heterocycles. The lowest BCUT2D eigenvalue weighted by Gasteiger charge is -2.14. The van der Waals surface area contributed by atoms with Gasteiger partial charge < -0.3 is 19.9 Å². The third-order valence-corrected chi connectivity index (χ3v) is 5.45. The molecule has 0 aliphatic carbocycles. The Morgan fingerprint density at radius 3 is 2.24 bits per heavy atom. The maximum absolute atomic E-state index is 13.6. The van der Waals surface area contributed by atoms with Gasteiger partial charge in [-0.3, -0.25) is 4.79 Å². The van der Waals surface area contributed by atoms with E-state index in [-0.39, 0.29) is 18.2 Å². The molecule has 7 heteroatoms. The maximum atomic E-state index is 13.6. The number of hydrogen-bond donors (Lipinski definition) is 3. The molecule has 0 spiro atoms. The minimum Gasteiger partial charge on any atom is -0.481 e. The van der Waals surface area contributed by atoms with Gasteiger partial charge >= 0.3 is 5.97 Å². The van der Waals surface area contributed by atoms with Gasteiger partial charge in [-0.1, -0.05) is 31.0 Å². The highest BCUT2D eigenvalue weighted by atomic mass is 19.1. The second kappa shape index (κ2) is 10.8. The first-order chi connectivity index (χ1) is 16.0. The van der Waals surface area contributed by atoms with Gasteiger partial charge in [0.25, 0.3) is 0 Å². The number of carboxylic acid groups (broad SMARTS) is 1. The van der Waals surface area contributed by atoms with Crippen LogP contribution >= 0.6 is 0 Å². The predicted molar refractivity (Wildman–Crippen MR) is 131 cm³/mol. The highest BCUT2D eigenvalue weighted by Gasteiger charge is 2.22. The Morgan fingerprint density at radius 1 is 1.06 bits per heavy atom. The van der Waals surface area contributed by atoms with Crippen LogP contribution in [-0.2, 0) is 4.79 Å². The average molecular weight is 467 g/mol. The van der Waals surface area contributed by atoms with Gasteiger partial charge in [0.1, 0.15) is 11.6 Å². The molecule has 3 rings (SSSR count). The number of carbonyl (C=O) groups is 1. The van der Waals surface area contributed by atoms with E-state index in [0.717, 1.165) is 33.8 Å². The van der Waals surface area contributed by atoms with Crippen LogP contribution in [0.3, 0.4) is 0 Å². The molecular formula is C27H31FN2O4. The Bertz CT molecular complexity index is 1160. The highest BCUT2D eigenvalue weighted by Crippen LogP contribution is 2.36. The molecule has 3 N–H and O–H groups in total. The van der Waals surface area contributed by atoms with Gasteiger partial charge in [0.2, 0.25) is 0 Å². The van der Waals surface area contributed by atoms with Crippen LogP contribution < -0.4 is 0 Å². The molecule has 0 amide bonds. The molecule has 1 heterocycles. The molecule has 3 aromatic rings. The summed E-state index contributed by atoms with van der Waals surface area (Å²) in [5.41, 5.74) is 5.36. The molecular weight excluding hydrogens is 435 g/mol. The van der Waals surface area contributed by atoms with Crippen LogP contribution in [0.4, 0.5) is 4.39 Å². The lowest BCUT2D eigenvalue weighted by Crippen LogP contribution is -2.19. The van der Waals surface area contributed by atoms with E-state index in [9.17, 15) is 19.4 Å². The second-order valence-corrected chi connectivity index (χ2v) is 8.97. The first kappa shape index (κ1) is 25.3. The minimum atomic E-state index is -1.15. The number of benzene rings is 2. The smallest absolute Gasteiger partial charge is 0.305 e. The quantitative estimate of drug-likeness (QED) is 0.405. The number of nitrogens with zero attached hydrogens (tertiary/aromatic N) is 2. The molecule has 2 atom stereocenters. The van der Waals surface area contributed by atoms with Crippen molar-refractivity contribution in [2.24, 2.45) is 0 Å². The fraction of sp³-hybridized carbons (Fsp3) is 0.333. The number of carboxylic acids is 1. The highest BCUT2D eigenvalue weighted by molar-refractivity contribution is 5.81. The number of rotatable bonds is 9. The molecule has 180 valence electrons. The van der Waals surface area contributed by atoms with Crippen LogP contribution in [0.1, 0.15) is 49.6 Å². The second-order valence-electron chi connectivity index (χ2n) is 8.97. The molecule has 0 aliphatic heterocycles. The Balaban J connectivity index is 2.15. The van der Waals surface area contributed by atoms with E-state index in [2.05, 4.69) is 18.2 Å². The van der Waals surface area contributed by atoms with E-state index in [0.29, 0.717) is 5.69 Å². The van der Waals surface area contributed by atoms with Crippen molar-refractivity contribution >= 4 is 12.2 Å². The topological polar surface area (TPSA) is 95.6 Å². The van der Waals surface area contributed by atoms with Crippen molar-refractivity contribution in [1.82, 2.24) is 9.55 Å². The van der Waals surface area contributed by atoms with Crippen molar-refractivity contribution < 1.29 is 24.5 Å². The summed E-state index contributed by atoms with van der Waals surface area (Å²) < 4.78 is 15.5. The minimum absolute atomic E-state index is 0.0400. The zero-order valence-corrected chi connectivity index (χ0v) is 19.9. The molecule has 34 heavy (non-hydrogen) atoms. The molecule has 0 fully saturated rings. The van der Waals surface area contributed by atoms with E-state index in [1.54, 1.807) is 18.3 Å². The molecule has 0 aliphatic rings. The number of hydrogen-bond acceptors (Lipinski definition) is 4. The van der Waals surface area contributed by atoms with Crippen molar-refractivity contribution in [1.29, 1.82) is 0 Å². The number of imidazole rings is 1. The van der Waals surface area contributed by atoms with Crippen molar-refractivity contribution in [3.63, 3.8) is 0 Å². The van der Waals surface area contributed by atoms with Gasteiger partial charge in [-0.2, -0.15) is 0 Å². The molecule has 0 unspecified atom stereocenters. The van der Waals surface area contributed by atoms with E-state index in [4.69, 9.17) is 10.1 Å². The van der Waals surface area contributed by atoms with E-state index >= 15 is 0 Å². The zero-order chi connectivity index (χ0) is 25.0. The molecule has 0 saturated carbocycles. The SMILES string of the molecule is Cc1cc(C)cc(-c2c(-c3ccc(F)cc3)nc(C(C)C)n2/C=C/[C@@H](O)C[C@@H](O)CC(=O)O)c1. The fourth-order valence-electron chi connectivity index (χ4n) is 4.03. The van der Waals surface area contributed by atoms with Crippen LogP contribution in [0.5, 0.6) is 0 Å². The summed E-state index contributed by atoms with van der Waals surface area (Å²) in [7, 11) is 0. The van der Waals surface area contributed by atoms with E-state index in [1.807, 2.05) is 32.3 Å². The summed E-state index contributed by atoms with van der Waals surface area (Å²) in [5, 5.41) is 29.1. The summed E-state index contributed by atoms with van der Waals surface area (Å²) >= 11 is 0. The van der Waals surface area contributed by atoms with Crippen LogP contribution in [0.2, 0.25) is 0 Å². The largest absolute Gasteiger partial charge is 0.481 e. The molecule has 2 aromatic carbocycles. The number of aliphatic hydroxyl groups is 2. The number of halogens is 1. The fourth-order valence-corrected chi connectivity index (χ4v) is 4.03. The number of aliphatic carboxylic acids is 1. The van der Waals surface area contributed by atoms with Crippen molar-refractivity contribution in [3.05, 3.63) is 71.3 Å². The Hall–Kier alpha value is -3.29. The summed E-state index contributed by atoms with van der Waals surface area (Å²) in [6.07, 6.45) is 0.504. The van der Waals surface area contributed by atoms with Crippen LogP contribution in [0.15, 0.2) is 48.5 Å². The lowest BCUT2D eigenvalue weighted by atomic mass is 10.0. The van der Waals surface area contributed by atoms with Gasteiger partial charge in [0.05, 0.1) is 30.0 Å². The number of aliphatic hydroxyl groups excluding tert-OH is 2. The lowest BCUT2D eigenvalue weighted by molar-refractivity contribution is -0.139. The Morgan fingerprint density at radius 2 is 1.68 bits per heavy atom. The molecule has 6 nitrogen and oxygen atoms in total. The maximum Gasteiger partial charge on any atom is 0.305 e. The monoisotopic (exact) mass is 466 g/mol. The molecule has 0 bridgehead atoms. The van der Waals surface area contributed by atoms with Gasteiger partial charge in [-0.05, 0) is 56.3 Å². The Kier molecular flexibility index (Phi) is 8.02. The Labute approximate surface area is 199 Å². The summed E-state index contributed by atoms with van der Waals surface area (Å²) in [6.45, 7) is 8.06. The summed E-state index contributed by atoms with van der Waals surface area (Å²) in [4.78, 5) is 15.7. The van der Waals surface area contributed by atoms with Crippen molar-refractivity contribution in [3.8, 4) is 22.5 Å². The van der Waals surface area contributed by atoms with Crippen molar-refractivity contribution in [2.75, 3.05) is 0 Å². The number of aromatic nitrogens is 2. The van der Waals surface area contributed by atoms with Crippen LogP contribution in [0.25, 0.3) is 28.7 Å². The zero-order valence-electron chi connectivity index (χ0n) is 19.9. The predicted octanol–water partition coefficient (Wildman–Crippen LogP) is 5.15. The normalized spacial score (nSPS) is 13.5. The summed E-state index contributed by atoms with van der Waals surface area (Å²) in [6, 6.07) is 12.4. The van der Waals surface area contributed by atoms with Crippen molar-refractivity contribution in [2.45, 2.75) is 58.7 Å². The van der Waals surface area contributed by atoms with E-state index in [1.165, 1.54) is 18.2 Å². The third-order valence-electron chi connectivity index (χ3n) is 5.45. The first-order valence-corrected chi connectivity index (χ1v) is 11.3.